The van der Waals surface area contributed by atoms with E-state index in [1.165, 1.54) is 0 Å². The Labute approximate surface area is 242 Å². The number of furan rings is 1. The largest absolute Gasteiger partial charge is 0.493 e. The summed E-state index contributed by atoms with van der Waals surface area (Å²) >= 11 is 6.02. The van der Waals surface area contributed by atoms with Gasteiger partial charge in [0.05, 0.1) is 32.6 Å². The van der Waals surface area contributed by atoms with Gasteiger partial charge in [-0.05, 0) is 55.6 Å². The molecule has 2 aliphatic rings. The molecule has 1 N–H and O–H groups in total. The lowest BCUT2D eigenvalue weighted by Crippen LogP contribution is -2.50. The van der Waals surface area contributed by atoms with E-state index in [-0.39, 0.29) is 5.91 Å². The number of hydrogen-bond acceptors (Lipinski definition) is 7. The lowest BCUT2D eigenvalue weighted by atomic mass is 10.0. The fourth-order valence-electron chi connectivity index (χ4n) is 5.36. The number of benzene rings is 2. The molecule has 1 amide bonds. The minimum absolute atomic E-state index is 0.134. The maximum atomic E-state index is 12.3. The molecular weight excluding hydrogens is 528 g/mol. The molecule has 0 saturated carbocycles. The number of halogens is 1. The molecule has 0 radical (unpaired) electrons. The van der Waals surface area contributed by atoms with Gasteiger partial charge < -0.3 is 24.1 Å². The van der Waals surface area contributed by atoms with Crippen LogP contribution in [0.5, 0.6) is 5.75 Å². The van der Waals surface area contributed by atoms with E-state index in [1.54, 1.807) is 6.26 Å². The molecule has 3 aromatic rings. The molecule has 40 heavy (non-hydrogen) atoms. The van der Waals surface area contributed by atoms with Gasteiger partial charge in [0.15, 0.2) is 0 Å². The molecule has 0 unspecified atom stereocenters. The van der Waals surface area contributed by atoms with Crippen LogP contribution in [0, 0.1) is 0 Å². The molecule has 2 saturated heterocycles. The minimum Gasteiger partial charge on any atom is -0.493 e. The Morgan fingerprint density at radius 3 is 2.42 bits per heavy atom. The average molecular weight is 569 g/mol. The van der Waals surface area contributed by atoms with Gasteiger partial charge >= 0.3 is 0 Å². The molecule has 2 fully saturated rings. The van der Waals surface area contributed by atoms with Crippen molar-refractivity contribution in [2.45, 2.75) is 19.3 Å². The number of nitrogens with zero attached hydrogens (tertiary/aromatic N) is 3. The summed E-state index contributed by atoms with van der Waals surface area (Å²) in [6.45, 7) is 11.4. The quantitative estimate of drug-likeness (QED) is 0.307. The van der Waals surface area contributed by atoms with Gasteiger partial charge in [-0.3, -0.25) is 14.6 Å². The number of carbonyl (C=O) groups excluding carboxylic acids is 1. The number of amides is 1. The molecule has 0 atom stereocenters. The third-order valence-corrected chi connectivity index (χ3v) is 8.03. The van der Waals surface area contributed by atoms with Crippen LogP contribution < -0.4 is 10.1 Å². The Balaban J connectivity index is 0.919. The van der Waals surface area contributed by atoms with Crippen LogP contribution in [0.1, 0.15) is 19.3 Å². The fourth-order valence-corrected chi connectivity index (χ4v) is 5.49. The topological polar surface area (TPSA) is 70.4 Å². The van der Waals surface area contributed by atoms with Crippen LogP contribution >= 0.6 is 11.6 Å². The summed E-state index contributed by atoms with van der Waals surface area (Å²) in [5.74, 6) is 0.973. The van der Waals surface area contributed by atoms with Crippen LogP contribution in [-0.4, -0.2) is 106 Å². The van der Waals surface area contributed by atoms with E-state index in [4.69, 9.17) is 25.5 Å². The van der Waals surface area contributed by atoms with Gasteiger partial charge in [0.25, 0.3) is 0 Å². The number of ether oxygens (including phenoxy) is 2. The van der Waals surface area contributed by atoms with E-state index in [1.807, 2.05) is 36.4 Å². The number of carbonyl (C=O) groups is 1. The van der Waals surface area contributed by atoms with Crippen molar-refractivity contribution in [1.82, 2.24) is 20.0 Å². The lowest BCUT2D eigenvalue weighted by Gasteiger charge is -2.34. The van der Waals surface area contributed by atoms with Crippen molar-refractivity contribution in [3.05, 3.63) is 53.8 Å². The number of unbranched alkanes of at least 4 members (excludes halogenated alkanes) is 2. The predicted molar refractivity (Wildman–Crippen MR) is 159 cm³/mol. The van der Waals surface area contributed by atoms with Crippen molar-refractivity contribution in [3.63, 3.8) is 0 Å². The first kappa shape index (κ1) is 28.9. The first-order chi connectivity index (χ1) is 19.6. The molecule has 216 valence electrons. The molecular formula is C31H41ClN4O4. The molecule has 1 aromatic heterocycles. The van der Waals surface area contributed by atoms with Crippen LogP contribution in [0.25, 0.3) is 22.1 Å². The zero-order valence-corrected chi connectivity index (χ0v) is 24.0. The van der Waals surface area contributed by atoms with Gasteiger partial charge in [0.1, 0.15) is 11.3 Å². The van der Waals surface area contributed by atoms with Crippen LogP contribution in [0.15, 0.2) is 53.1 Å². The van der Waals surface area contributed by atoms with E-state index >= 15 is 0 Å². The lowest BCUT2D eigenvalue weighted by molar-refractivity contribution is -0.122. The number of nitrogens with one attached hydrogen (secondary N) is 1. The third-order valence-electron chi connectivity index (χ3n) is 7.78. The van der Waals surface area contributed by atoms with Crippen molar-refractivity contribution in [2.24, 2.45) is 0 Å². The second kappa shape index (κ2) is 14.8. The van der Waals surface area contributed by atoms with Crippen LogP contribution in [-0.2, 0) is 9.53 Å². The van der Waals surface area contributed by atoms with Crippen molar-refractivity contribution in [2.75, 3.05) is 85.3 Å². The zero-order valence-electron chi connectivity index (χ0n) is 23.3. The maximum Gasteiger partial charge on any atom is 0.234 e. The van der Waals surface area contributed by atoms with Gasteiger partial charge in [-0.25, -0.2) is 0 Å². The van der Waals surface area contributed by atoms with Crippen molar-refractivity contribution in [3.8, 4) is 16.9 Å². The summed E-state index contributed by atoms with van der Waals surface area (Å²) in [5.41, 5.74) is 2.97. The van der Waals surface area contributed by atoms with E-state index in [0.717, 1.165) is 118 Å². The van der Waals surface area contributed by atoms with E-state index in [2.05, 4.69) is 26.1 Å². The second-order valence-electron chi connectivity index (χ2n) is 10.6. The van der Waals surface area contributed by atoms with Crippen molar-refractivity contribution in [1.29, 1.82) is 0 Å². The van der Waals surface area contributed by atoms with Crippen LogP contribution in [0.2, 0.25) is 5.02 Å². The van der Waals surface area contributed by atoms with Crippen molar-refractivity contribution >= 4 is 28.5 Å². The first-order valence-corrected chi connectivity index (χ1v) is 14.9. The van der Waals surface area contributed by atoms with Crippen LogP contribution in [0.3, 0.4) is 0 Å². The summed E-state index contributed by atoms with van der Waals surface area (Å²) in [5, 5.41) is 4.87. The standard InChI is InChI=1S/C31H41ClN4O4/c32-26-6-4-25(5-7-26)29-24-40-30-22-27(8-9-28(29)30)39-19-3-1-2-11-34-13-15-36(16-14-34)23-31(37)33-10-12-35-17-20-38-21-18-35/h4-9,22,24H,1-3,10-21,23H2,(H,33,37). The average Bonchev–Trinajstić information content (AvgIpc) is 3.40. The molecule has 0 bridgehead atoms. The summed E-state index contributed by atoms with van der Waals surface area (Å²) < 4.78 is 17.2. The molecule has 9 heteroatoms. The number of rotatable bonds is 13. The second-order valence-corrected chi connectivity index (χ2v) is 11.1. The molecule has 0 aliphatic carbocycles. The summed E-state index contributed by atoms with van der Waals surface area (Å²) in [6, 6.07) is 13.8. The zero-order chi connectivity index (χ0) is 27.6. The van der Waals surface area contributed by atoms with Gasteiger partial charge in [0, 0.05) is 74.4 Å². The Morgan fingerprint density at radius 2 is 1.62 bits per heavy atom. The van der Waals surface area contributed by atoms with Crippen LogP contribution in [0.4, 0.5) is 0 Å². The molecule has 5 rings (SSSR count). The molecule has 2 aliphatic heterocycles. The smallest absolute Gasteiger partial charge is 0.234 e. The molecule has 2 aromatic carbocycles. The Morgan fingerprint density at radius 1 is 0.875 bits per heavy atom. The van der Waals surface area contributed by atoms with Gasteiger partial charge in [0.2, 0.25) is 5.91 Å². The number of fused-ring (bicyclic) bond motifs is 1. The molecule has 3 heterocycles. The van der Waals surface area contributed by atoms with E-state index < -0.39 is 0 Å². The fraction of sp³-hybridized carbons (Fsp3) is 0.516. The number of hydrogen-bond donors (Lipinski definition) is 1. The summed E-state index contributed by atoms with van der Waals surface area (Å²) in [6.07, 6.45) is 5.11. The first-order valence-electron chi connectivity index (χ1n) is 14.6. The summed E-state index contributed by atoms with van der Waals surface area (Å²) in [4.78, 5) is 19.4. The minimum atomic E-state index is 0.134. The third kappa shape index (κ3) is 8.44. The van der Waals surface area contributed by atoms with Gasteiger partial charge in [-0.15, -0.1) is 0 Å². The highest BCUT2D eigenvalue weighted by Crippen LogP contribution is 2.33. The van der Waals surface area contributed by atoms with E-state index in [0.29, 0.717) is 19.7 Å². The highest BCUT2D eigenvalue weighted by atomic mass is 35.5. The summed E-state index contributed by atoms with van der Waals surface area (Å²) in [7, 11) is 0. The Hall–Kier alpha value is -2.62. The number of piperazine rings is 1. The van der Waals surface area contributed by atoms with E-state index in [9.17, 15) is 4.79 Å². The van der Waals surface area contributed by atoms with Crippen molar-refractivity contribution < 1.29 is 18.7 Å². The SMILES string of the molecule is O=C(CN1CCN(CCCCCOc2ccc3c(-c4ccc(Cl)cc4)coc3c2)CC1)NCCN1CCOCC1. The Kier molecular flexibility index (Phi) is 10.7. The molecule has 0 spiro atoms. The Bertz CT molecular complexity index is 1200. The normalized spacial score (nSPS) is 17.3. The number of morpholine rings is 1. The highest BCUT2D eigenvalue weighted by molar-refractivity contribution is 6.30. The predicted octanol–water partition coefficient (Wildman–Crippen LogP) is 4.37. The maximum absolute atomic E-state index is 12.3. The highest BCUT2D eigenvalue weighted by Gasteiger charge is 2.19. The monoisotopic (exact) mass is 568 g/mol. The molecule has 8 nitrogen and oxygen atoms in total. The van der Waals surface area contributed by atoms with Gasteiger partial charge in [-0.1, -0.05) is 23.7 Å². The van der Waals surface area contributed by atoms with Gasteiger partial charge in [-0.2, -0.15) is 0 Å².